The van der Waals surface area contributed by atoms with E-state index in [4.69, 9.17) is 28.4 Å². The van der Waals surface area contributed by atoms with E-state index in [1.807, 2.05) is 30.3 Å². The number of ketones is 1. The number of amides is 1. The molecular formula is C48H55NO13. The van der Waals surface area contributed by atoms with E-state index in [0.29, 0.717) is 16.7 Å². The van der Waals surface area contributed by atoms with Crippen LogP contribution in [0.15, 0.2) is 102 Å². The topological polar surface area (TPSA) is 193 Å². The van der Waals surface area contributed by atoms with E-state index in [0.717, 1.165) is 5.56 Å². The van der Waals surface area contributed by atoms with Crippen molar-refractivity contribution < 1.29 is 62.6 Å². The van der Waals surface area contributed by atoms with Crippen LogP contribution < -0.4 is 5.32 Å². The number of aliphatic hydroxyl groups is 2. The Morgan fingerprint density at radius 3 is 2.06 bits per heavy atom. The van der Waals surface area contributed by atoms with Crippen LogP contribution in [-0.4, -0.2) is 101 Å². The molecule has 2 bridgehead atoms. The molecule has 330 valence electrons. The number of hydrogen-bond acceptors (Lipinski definition) is 13. The summed E-state index contributed by atoms with van der Waals surface area (Å²) in [6.07, 6.45) is -8.20. The molecule has 1 amide bonds. The molecule has 62 heavy (non-hydrogen) atoms. The second-order valence-corrected chi connectivity index (χ2v) is 17.6. The molecule has 3 fully saturated rings. The Morgan fingerprint density at radius 1 is 0.887 bits per heavy atom. The highest BCUT2D eigenvalue weighted by molar-refractivity contribution is 5.96. The third-order valence-electron chi connectivity index (χ3n) is 13.8. The van der Waals surface area contributed by atoms with Crippen LogP contribution in [0, 0.1) is 16.7 Å². The smallest absolute Gasteiger partial charge is 0.338 e. The number of fused-ring (bicyclic) bond motifs is 5. The van der Waals surface area contributed by atoms with E-state index in [-0.39, 0.29) is 31.6 Å². The van der Waals surface area contributed by atoms with Crippen molar-refractivity contribution in [3.05, 3.63) is 119 Å². The molecule has 3 aromatic rings. The summed E-state index contributed by atoms with van der Waals surface area (Å²) in [4.78, 5) is 69.7. The van der Waals surface area contributed by atoms with Crippen molar-refractivity contribution in [2.45, 2.75) is 115 Å². The van der Waals surface area contributed by atoms with Gasteiger partial charge in [-0.05, 0) is 48.3 Å². The zero-order valence-electron chi connectivity index (χ0n) is 36.0. The zero-order valence-corrected chi connectivity index (χ0v) is 36.0. The molecule has 3 N–H and O–H groups in total. The first-order valence-electron chi connectivity index (χ1n) is 20.8. The maximum absolute atomic E-state index is 15.7. The fourth-order valence-electron chi connectivity index (χ4n) is 10.6. The Balaban J connectivity index is 1.38. The lowest BCUT2D eigenvalue weighted by atomic mass is 9.44. The largest absolute Gasteiger partial charge is 0.456 e. The normalized spacial score (nSPS) is 32.0. The summed E-state index contributed by atoms with van der Waals surface area (Å²) in [5.41, 5.74) is -4.81. The average Bonchev–Trinajstić information content (AvgIpc) is 3.24. The van der Waals surface area contributed by atoms with E-state index in [1.165, 1.54) is 21.0 Å². The number of aliphatic hydroxyl groups excluding tert-OH is 1. The van der Waals surface area contributed by atoms with Crippen molar-refractivity contribution in [2.75, 3.05) is 13.7 Å². The fraction of sp³-hybridized carbons (Fsp3) is 0.479. The van der Waals surface area contributed by atoms with Gasteiger partial charge in [0.1, 0.15) is 17.8 Å². The van der Waals surface area contributed by atoms with Crippen LogP contribution in [0.1, 0.15) is 81.9 Å². The van der Waals surface area contributed by atoms with Gasteiger partial charge in [0.05, 0.1) is 36.9 Å². The molecule has 1 saturated heterocycles. The van der Waals surface area contributed by atoms with Crippen molar-refractivity contribution in [1.29, 1.82) is 0 Å². The molecule has 1 heterocycles. The molecule has 0 radical (unpaired) electrons. The molecule has 0 aromatic heterocycles. The summed E-state index contributed by atoms with van der Waals surface area (Å²) >= 11 is 0. The van der Waals surface area contributed by atoms with Crippen molar-refractivity contribution in [3.8, 4) is 0 Å². The predicted molar refractivity (Wildman–Crippen MR) is 222 cm³/mol. The van der Waals surface area contributed by atoms with Gasteiger partial charge < -0.3 is 44.0 Å². The van der Waals surface area contributed by atoms with Crippen LogP contribution in [0.25, 0.3) is 0 Å². The maximum Gasteiger partial charge on any atom is 0.338 e. The second-order valence-electron chi connectivity index (χ2n) is 17.6. The van der Waals surface area contributed by atoms with Gasteiger partial charge in [-0.15, -0.1) is 0 Å². The minimum Gasteiger partial charge on any atom is -0.456 e. The first-order valence-corrected chi connectivity index (χ1v) is 20.8. The number of nitrogens with one attached hydrogen (secondary N) is 1. The van der Waals surface area contributed by atoms with E-state index >= 15 is 4.79 Å². The third kappa shape index (κ3) is 7.55. The van der Waals surface area contributed by atoms with E-state index < -0.39 is 100 Å². The lowest BCUT2D eigenvalue weighted by Crippen LogP contribution is -2.82. The Labute approximate surface area is 360 Å². The highest BCUT2D eigenvalue weighted by Crippen LogP contribution is 2.65. The van der Waals surface area contributed by atoms with Crippen molar-refractivity contribution in [2.24, 2.45) is 16.7 Å². The summed E-state index contributed by atoms with van der Waals surface area (Å²) in [5.74, 6) is -4.92. The Hall–Kier alpha value is -5.25. The van der Waals surface area contributed by atoms with Gasteiger partial charge in [0.25, 0.3) is 5.91 Å². The maximum atomic E-state index is 15.7. The standard InChI is InChI=1S/C48H55NO13/c1-27-33(61-44(55)38(52)37(31-19-13-9-14-20-31)49-43(54)32-21-15-10-16-22-32)24-48(56)42(58-25-30-17-11-8-12-18-30)40-46(6,41(53)39(60-28(2)50)36(27)45(48,4)5)34(57-7)23-35-47(40,26-59-35)62-29(3)51/h8-22,33-35,37-40,42,52,56H,23-26H2,1-7H3,(H,49,54)/t33?,34-,35+,37-,38+,39+,40?,42-,46+,47-,48+/m0/s1. The molecular weight excluding hydrogens is 799 g/mol. The molecule has 7 rings (SSSR count). The van der Waals surface area contributed by atoms with Crippen molar-refractivity contribution >= 4 is 29.6 Å². The second kappa shape index (κ2) is 17.1. The van der Waals surface area contributed by atoms with Crippen LogP contribution in [0.2, 0.25) is 0 Å². The number of benzene rings is 3. The zero-order chi connectivity index (χ0) is 44.8. The van der Waals surface area contributed by atoms with Crippen LogP contribution in [0.5, 0.6) is 0 Å². The highest BCUT2D eigenvalue weighted by atomic mass is 16.6. The number of Topliss-reactive ketones (excluding diaryl/α,β-unsaturated/α-hetero) is 1. The van der Waals surface area contributed by atoms with Crippen LogP contribution >= 0.6 is 0 Å². The lowest BCUT2D eigenvalue weighted by molar-refractivity contribution is -0.353. The van der Waals surface area contributed by atoms with Gasteiger partial charge >= 0.3 is 17.9 Å². The first kappa shape index (κ1) is 44.8. The molecule has 2 unspecified atom stereocenters. The average molecular weight is 854 g/mol. The molecule has 1 aliphatic heterocycles. The van der Waals surface area contributed by atoms with Crippen LogP contribution in [0.3, 0.4) is 0 Å². The highest BCUT2D eigenvalue weighted by Gasteiger charge is 2.78. The Kier molecular flexibility index (Phi) is 12.4. The minimum absolute atomic E-state index is 0.0571. The summed E-state index contributed by atoms with van der Waals surface area (Å²) in [6.45, 7) is 8.94. The lowest BCUT2D eigenvalue weighted by Gasteiger charge is -2.68. The van der Waals surface area contributed by atoms with Gasteiger partial charge in [-0.3, -0.25) is 19.2 Å². The summed E-state index contributed by atoms with van der Waals surface area (Å²) in [7, 11) is 1.45. The van der Waals surface area contributed by atoms with E-state index in [9.17, 15) is 29.4 Å². The molecule has 0 spiro atoms. The number of carbonyl (C=O) groups is 5. The number of hydrogen-bond donors (Lipinski definition) is 3. The van der Waals surface area contributed by atoms with Crippen LogP contribution in [-0.2, 0) is 54.2 Å². The Morgan fingerprint density at radius 2 is 1.50 bits per heavy atom. The molecule has 3 aliphatic carbocycles. The molecule has 4 aliphatic rings. The molecule has 14 heteroatoms. The summed E-state index contributed by atoms with van der Waals surface area (Å²) in [6, 6.07) is 24.7. The molecule has 2 saturated carbocycles. The quantitative estimate of drug-likeness (QED) is 0.129. The van der Waals surface area contributed by atoms with Crippen molar-refractivity contribution in [1.82, 2.24) is 5.32 Å². The number of esters is 3. The monoisotopic (exact) mass is 853 g/mol. The third-order valence-corrected chi connectivity index (χ3v) is 13.8. The molecule has 14 nitrogen and oxygen atoms in total. The van der Waals surface area contributed by atoms with E-state index in [1.54, 1.807) is 88.4 Å². The van der Waals surface area contributed by atoms with Crippen molar-refractivity contribution in [3.63, 3.8) is 0 Å². The SMILES string of the molecule is CO[C@H]1C[C@H]2OC[C@@]2(OC(C)=O)C2[C@H](OCc3ccccc3)[C@]3(O)CC(OC(=O)[C@H](O)[C@@H](NC(=O)c4ccccc4)c4ccccc4)C(C)=C([C@@H](OC(C)=O)C(=O)[C@@]21C)C3(C)C. The minimum atomic E-state index is -2.10. The van der Waals surface area contributed by atoms with Gasteiger partial charge in [0.15, 0.2) is 23.6 Å². The van der Waals surface area contributed by atoms with Gasteiger partial charge in [-0.25, -0.2) is 4.79 Å². The number of carbonyl (C=O) groups excluding carboxylic acids is 5. The number of ether oxygens (including phenoxy) is 6. The van der Waals surface area contributed by atoms with Gasteiger partial charge in [0.2, 0.25) is 0 Å². The predicted octanol–water partition coefficient (Wildman–Crippen LogP) is 4.75. The number of rotatable bonds is 12. The van der Waals surface area contributed by atoms with Gasteiger partial charge in [-0.1, -0.05) is 92.7 Å². The first-order chi connectivity index (χ1) is 29.4. The summed E-state index contributed by atoms with van der Waals surface area (Å²) in [5, 5.41) is 28.4. The molecule has 3 aromatic carbocycles. The fourth-order valence-corrected chi connectivity index (χ4v) is 10.6. The molecule has 11 atom stereocenters. The Bertz CT molecular complexity index is 2210. The number of methoxy groups -OCH3 is 1. The van der Waals surface area contributed by atoms with E-state index in [2.05, 4.69) is 5.32 Å². The summed E-state index contributed by atoms with van der Waals surface area (Å²) < 4.78 is 37.5. The van der Waals surface area contributed by atoms with Gasteiger partial charge in [-0.2, -0.15) is 0 Å². The van der Waals surface area contributed by atoms with Crippen LogP contribution in [0.4, 0.5) is 0 Å². The van der Waals surface area contributed by atoms with Gasteiger partial charge in [0, 0.05) is 50.7 Å².